The summed E-state index contributed by atoms with van der Waals surface area (Å²) in [6, 6.07) is 4.77. The van der Waals surface area contributed by atoms with Gasteiger partial charge in [-0.25, -0.2) is 9.18 Å². The molecule has 0 saturated heterocycles. The zero-order chi connectivity index (χ0) is 23.6. The van der Waals surface area contributed by atoms with E-state index in [0.717, 1.165) is 24.1 Å². The van der Waals surface area contributed by atoms with Crippen LogP contribution in [0.15, 0.2) is 18.2 Å². The highest BCUT2D eigenvalue weighted by atomic mass is 32.1. The van der Waals surface area contributed by atoms with Crippen LogP contribution in [0.5, 0.6) is 0 Å². The number of anilines is 2. The Balaban J connectivity index is 2.00. The Kier molecular flexibility index (Phi) is 7.51. The molecule has 0 radical (unpaired) electrons. The topological polar surface area (TPSA) is 61.9 Å². The predicted molar refractivity (Wildman–Crippen MR) is 131 cm³/mol. The van der Waals surface area contributed by atoms with Crippen molar-refractivity contribution in [3.05, 3.63) is 45.6 Å². The number of esters is 1. The second-order valence-electron chi connectivity index (χ2n) is 7.69. The van der Waals surface area contributed by atoms with Crippen molar-refractivity contribution in [2.24, 2.45) is 0 Å². The summed E-state index contributed by atoms with van der Waals surface area (Å²) < 4.78 is 18.7. The summed E-state index contributed by atoms with van der Waals surface area (Å²) in [7, 11) is 1.31. The molecule has 1 aromatic carbocycles. The molecule has 9 heteroatoms. The van der Waals surface area contributed by atoms with Crippen molar-refractivity contribution >= 4 is 51.2 Å². The molecule has 0 fully saturated rings. The van der Waals surface area contributed by atoms with Crippen molar-refractivity contribution in [1.29, 1.82) is 0 Å². The molecular weight excluding hydrogens is 449 g/mol. The number of ether oxygens (including phenoxy) is 1. The predicted octanol–water partition coefficient (Wildman–Crippen LogP) is 5.00. The second kappa shape index (κ2) is 9.95. The standard InChI is InChI=1S/C23H28FN3O3S2/c1-6-26(7-2)21(28)19-14(4)18(22(29)30-5)20(32-19)25-23(31)27-13(3)8-9-15-12-16(24)10-11-17(15)27/h10-13H,6-9H2,1-5H3,(H,25,31)/t13-/m0/s1. The van der Waals surface area contributed by atoms with E-state index in [1.807, 2.05) is 18.7 Å². The molecule has 0 unspecified atom stereocenters. The first-order chi connectivity index (χ1) is 15.2. The molecule has 6 nitrogen and oxygen atoms in total. The van der Waals surface area contributed by atoms with E-state index in [0.29, 0.717) is 39.2 Å². The molecule has 3 rings (SSSR count). The Morgan fingerprint density at radius 2 is 2.03 bits per heavy atom. The van der Waals surface area contributed by atoms with Crippen LogP contribution in [-0.4, -0.2) is 48.1 Å². The normalized spacial score (nSPS) is 15.2. The first kappa shape index (κ1) is 24.1. The molecule has 1 aliphatic rings. The minimum atomic E-state index is -0.531. The fourth-order valence-corrected chi connectivity index (χ4v) is 5.60. The van der Waals surface area contributed by atoms with E-state index in [-0.39, 0.29) is 17.8 Å². The molecular formula is C23H28FN3O3S2. The second-order valence-corrected chi connectivity index (χ2v) is 9.10. The minimum Gasteiger partial charge on any atom is -0.465 e. The lowest BCUT2D eigenvalue weighted by Crippen LogP contribution is -2.44. The van der Waals surface area contributed by atoms with Gasteiger partial charge in [0.2, 0.25) is 0 Å². The molecule has 1 atom stereocenters. The maximum Gasteiger partial charge on any atom is 0.341 e. The van der Waals surface area contributed by atoms with Crippen LogP contribution in [-0.2, 0) is 11.2 Å². The molecule has 172 valence electrons. The molecule has 1 N–H and O–H groups in total. The lowest BCUT2D eigenvalue weighted by atomic mass is 9.97. The van der Waals surface area contributed by atoms with Gasteiger partial charge in [0.1, 0.15) is 10.8 Å². The summed E-state index contributed by atoms with van der Waals surface area (Å²) in [5.74, 6) is -0.941. The van der Waals surface area contributed by atoms with Gasteiger partial charge in [-0.05, 0) is 82.1 Å². The summed E-state index contributed by atoms with van der Waals surface area (Å²) in [5.41, 5.74) is 2.60. The summed E-state index contributed by atoms with van der Waals surface area (Å²) in [6.45, 7) is 8.77. The molecule has 1 aliphatic heterocycles. The summed E-state index contributed by atoms with van der Waals surface area (Å²) >= 11 is 6.92. The van der Waals surface area contributed by atoms with Gasteiger partial charge in [0.15, 0.2) is 5.11 Å². The fourth-order valence-electron chi connectivity index (χ4n) is 3.99. The van der Waals surface area contributed by atoms with Crippen LogP contribution < -0.4 is 10.2 Å². The smallest absolute Gasteiger partial charge is 0.341 e. The number of thiophene rings is 1. The number of nitrogens with zero attached hydrogens (tertiary/aromatic N) is 2. The Morgan fingerprint density at radius 3 is 2.66 bits per heavy atom. The highest BCUT2D eigenvalue weighted by molar-refractivity contribution is 7.80. The van der Waals surface area contributed by atoms with Crippen molar-refractivity contribution in [1.82, 2.24) is 4.90 Å². The van der Waals surface area contributed by atoms with Gasteiger partial charge in [-0.1, -0.05) is 0 Å². The Hall–Kier alpha value is -2.52. The fraction of sp³-hybridized carbons (Fsp3) is 0.435. The van der Waals surface area contributed by atoms with Gasteiger partial charge in [-0.2, -0.15) is 0 Å². The number of fused-ring (bicyclic) bond motifs is 1. The van der Waals surface area contributed by atoms with Gasteiger partial charge in [0.25, 0.3) is 5.91 Å². The van der Waals surface area contributed by atoms with Crippen LogP contribution in [0.1, 0.15) is 58.3 Å². The average molecular weight is 478 g/mol. The van der Waals surface area contributed by atoms with Gasteiger partial charge in [-0.3, -0.25) is 4.79 Å². The van der Waals surface area contributed by atoms with Gasteiger partial charge >= 0.3 is 5.97 Å². The number of nitrogens with one attached hydrogen (secondary N) is 1. The Morgan fingerprint density at radius 1 is 1.34 bits per heavy atom. The largest absolute Gasteiger partial charge is 0.465 e. The Labute approximate surface area is 197 Å². The summed E-state index contributed by atoms with van der Waals surface area (Å²) in [5, 5.41) is 4.04. The van der Waals surface area contributed by atoms with Crippen LogP contribution in [0.25, 0.3) is 0 Å². The van der Waals surface area contributed by atoms with Crippen LogP contribution in [0.4, 0.5) is 15.1 Å². The molecule has 2 heterocycles. The number of rotatable bonds is 5. The van der Waals surface area contributed by atoms with E-state index in [9.17, 15) is 14.0 Å². The molecule has 0 saturated carbocycles. The quantitative estimate of drug-likeness (QED) is 0.483. The zero-order valence-electron chi connectivity index (χ0n) is 19.0. The third-order valence-corrected chi connectivity index (χ3v) is 7.29. The number of hydrogen-bond acceptors (Lipinski definition) is 5. The lowest BCUT2D eigenvalue weighted by molar-refractivity contribution is 0.0601. The van der Waals surface area contributed by atoms with Gasteiger partial charge in [0.05, 0.1) is 17.6 Å². The van der Waals surface area contributed by atoms with E-state index in [2.05, 4.69) is 12.2 Å². The Bertz CT molecular complexity index is 1050. The van der Waals surface area contributed by atoms with Crippen molar-refractivity contribution in [2.75, 3.05) is 30.4 Å². The summed E-state index contributed by atoms with van der Waals surface area (Å²) in [6.07, 6.45) is 1.58. The third kappa shape index (κ3) is 4.49. The number of halogens is 1. The SMILES string of the molecule is CCN(CC)C(=O)c1sc(NC(=S)N2c3ccc(F)cc3CC[C@@H]2C)c(C(=O)OC)c1C. The molecule has 0 aliphatic carbocycles. The van der Waals surface area contributed by atoms with Crippen LogP contribution in [0.3, 0.4) is 0 Å². The van der Waals surface area contributed by atoms with Crippen LogP contribution >= 0.6 is 23.6 Å². The molecule has 1 aromatic heterocycles. The molecule has 2 aromatic rings. The third-order valence-electron chi connectivity index (χ3n) is 5.79. The number of amides is 1. The van der Waals surface area contributed by atoms with Gasteiger partial charge in [-0.15, -0.1) is 11.3 Å². The van der Waals surface area contributed by atoms with Crippen molar-refractivity contribution in [3.63, 3.8) is 0 Å². The number of thiocarbonyl (C=S) groups is 1. The van der Waals surface area contributed by atoms with Gasteiger partial charge < -0.3 is 19.9 Å². The molecule has 32 heavy (non-hydrogen) atoms. The highest BCUT2D eigenvalue weighted by Gasteiger charge is 2.31. The van der Waals surface area contributed by atoms with E-state index >= 15 is 0 Å². The van der Waals surface area contributed by atoms with E-state index < -0.39 is 5.97 Å². The minimum absolute atomic E-state index is 0.0902. The average Bonchev–Trinajstić information content (AvgIpc) is 3.09. The maximum absolute atomic E-state index is 13.7. The highest BCUT2D eigenvalue weighted by Crippen LogP contribution is 2.37. The number of carbonyl (C=O) groups excluding carboxylic acids is 2. The molecule has 0 spiro atoms. The zero-order valence-corrected chi connectivity index (χ0v) is 20.6. The number of aryl methyl sites for hydroxylation is 1. The van der Waals surface area contributed by atoms with E-state index in [4.69, 9.17) is 17.0 Å². The van der Waals surface area contributed by atoms with Crippen LogP contribution in [0, 0.1) is 12.7 Å². The molecule has 0 bridgehead atoms. The summed E-state index contributed by atoms with van der Waals surface area (Å²) in [4.78, 5) is 29.7. The van der Waals surface area contributed by atoms with Crippen molar-refractivity contribution in [3.8, 4) is 0 Å². The van der Waals surface area contributed by atoms with Crippen LogP contribution in [0.2, 0.25) is 0 Å². The molecule has 1 amide bonds. The number of hydrogen-bond donors (Lipinski definition) is 1. The van der Waals surface area contributed by atoms with E-state index in [1.54, 1.807) is 17.9 Å². The number of methoxy groups -OCH3 is 1. The lowest BCUT2D eigenvalue weighted by Gasteiger charge is -2.37. The number of carbonyl (C=O) groups is 2. The maximum atomic E-state index is 13.7. The van der Waals surface area contributed by atoms with Gasteiger partial charge in [0, 0.05) is 24.8 Å². The number of benzene rings is 1. The van der Waals surface area contributed by atoms with Crippen molar-refractivity contribution < 1.29 is 18.7 Å². The van der Waals surface area contributed by atoms with E-state index in [1.165, 1.54) is 30.6 Å². The monoisotopic (exact) mass is 477 g/mol. The first-order valence-corrected chi connectivity index (χ1v) is 11.8. The van der Waals surface area contributed by atoms with Crippen molar-refractivity contribution in [2.45, 2.75) is 46.6 Å². The first-order valence-electron chi connectivity index (χ1n) is 10.6.